The van der Waals surface area contributed by atoms with Crippen molar-refractivity contribution < 1.29 is 0 Å². The summed E-state index contributed by atoms with van der Waals surface area (Å²) in [5.74, 6) is 0.820. The molecule has 2 aromatic heterocycles. The predicted octanol–water partition coefficient (Wildman–Crippen LogP) is 3.55. The summed E-state index contributed by atoms with van der Waals surface area (Å²) >= 11 is 6.26. The molecule has 5 heteroatoms. The monoisotopic (exact) mass is 306 g/mol. The third kappa shape index (κ3) is 3.27. The maximum absolute atomic E-state index is 6.26. The van der Waals surface area contributed by atoms with Crippen molar-refractivity contribution in [2.45, 2.75) is 46.6 Å². The Bertz CT molecular complexity index is 653. The molecule has 1 N–H and O–H groups in total. The fourth-order valence-electron chi connectivity index (χ4n) is 2.22. The standard InChI is InChI=1S/C16H23ClN4/c1-10-15(17)11(2)21(20-10)14-8-12(9-18-6)7-13(19-14)16(3,4)5/h7-8,18H,9H2,1-6H3. The Morgan fingerprint density at radius 1 is 1.24 bits per heavy atom. The minimum atomic E-state index is -0.0155. The summed E-state index contributed by atoms with van der Waals surface area (Å²) in [6.45, 7) is 11.2. The first-order chi connectivity index (χ1) is 9.74. The van der Waals surface area contributed by atoms with Crippen LogP contribution < -0.4 is 5.32 Å². The van der Waals surface area contributed by atoms with Gasteiger partial charge in [0.2, 0.25) is 0 Å². The van der Waals surface area contributed by atoms with E-state index in [0.717, 1.165) is 29.4 Å². The van der Waals surface area contributed by atoms with Crippen LogP contribution in [0.3, 0.4) is 0 Å². The van der Waals surface area contributed by atoms with E-state index in [0.29, 0.717) is 5.02 Å². The first kappa shape index (κ1) is 16.0. The van der Waals surface area contributed by atoms with Crippen molar-refractivity contribution >= 4 is 11.6 Å². The van der Waals surface area contributed by atoms with Crippen molar-refractivity contribution in [1.29, 1.82) is 0 Å². The van der Waals surface area contributed by atoms with Gasteiger partial charge in [-0.15, -0.1) is 0 Å². The minimum absolute atomic E-state index is 0.0155. The lowest BCUT2D eigenvalue weighted by Crippen LogP contribution is -2.17. The molecule has 0 amide bonds. The Kier molecular flexibility index (Phi) is 4.40. The molecule has 0 spiro atoms. The molecule has 0 saturated heterocycles. The Hall–Kier alpha value is -1.39. The fourth-order valence-corrected chi connectivity index (χ4v) is 2.33. The second kappa shape index (κ2) is 5.78. The lowest BCUT2D eigenvalue weighted by Gasteiger charge is -2.20. The minimum Gasteiger partial charge on any atom is -0.316 e. The Labute approximate surface area is 131 Å². The lowest BCUT2D eigenvalue weighted by molar-refractivity contribution is 0.563. The molecule has 4 nitrogen and oxygen atoms in total. The zero-order valence-electron chi connectivity index (χ0n) is 13.6. The Balaban J connectivity index is 2.62. The molecule has 0 unspecified atom stereocenters. The molecule has 2 rings (SSSR count). The molecular formula is C16H23ClN4. The van der Waals surface area contributed by atoms with Crippen LogP contribution in [-0.4, -0.2) is 21.8 Å². The topological polar surface area (TPSA) is 42.7 Å². The molecule has 0 aliphatic heterocycles. The maximum atomic E-state index is 6.26. The summed E-state index contributed by atoms with van der Waals surface area (Å²) in [6.07, 6.45) is 0. The highest BCUT2D eigenvalue weighted by molar-refractivity contribution is 6.31. The van der Waals surface area contributed by atoms with Crippen LogP contribution in [0.25, 0.3) is 5.82 Å². The summed E-state index contributed by atoms with van der Waals surface area (Å²) in [5, 5.41) is 8.40. The largest absolute Gasteiger partial charge is 0.316 e. The van der Waals surface area contributed by atoms with Gasteiger partial charge in [0.05, 0.1) is 16.4 Å². The van der Waals surface area contributed by atoms with Gasteiger partial charge in [-0.05, 0) is 38.6 Å². The first-order valence-electron chi connectivity index (χ1n) is 7.12. The average molecular weight is 307 g/mol. The zero-order valence-corrected chi connectivity index (χ0v) is 14.3. The van der Waals surface area contributed by atoms with E-state index in [4.69, 9.17) is 16.6 Å². The van der Waals surface area contributed by atoms with Crippen molar-refractivity contribution in [2.75, 3.05) is 7.05 Å². The van der Waals surface area contributed by atoms with Gasteiger partial charge in [0.1, 0.15) is 0 Å². The summed E-state index contributed by atoms with van der Waals surface area (Å²) in [7, 11) is 1.94. The molecule has 2 aromatic rings. The summed E-state index contributed by atoms with van der Waals surface area (Å²) in [6, 6.07) is 4.20. The number of nitrogens with one attached hydrogen (secondary N) is 1. The highest BCUT2D eigenvalue weighted by atomic mass is 35.5. The molecule has 2 heterocycles. The molecule has 114 valence electrons. The van der Waals surface area contributed by atoms with Crippen LogP contribution in [0.2, 0.25) is 5.02 Å². The quantitative estimate of drug-likeness (QED) is 0.943. The van der Waals surface area contributed by atoms with E-state index in [9.17, 15) is 0 Å². The number of hydrogen-bond acceptors (Lipinski definition) is 3. The molecular weight excluding hydrogens is 284 g/mol. The van der Waals surface area contributed by atoms with Gasteiger partial charge in [-0.1, -0.05) is 32.4 Å². The molecule has 0 aromatic carbocycles. The van der Waals surface area contributed by atoms with Crippen LogP contribution in [0.5, 0.6) is 0 Å². The highest BCUT2D eigenvalue weighted by Gasteiger charge is 2.19. The van der Waals surface area contributed by atoms with Crippen LogP contribution in [0.15, 0.2) is 12.1 Å². The van der Waals surface area contributed by atoms with Gasteiger partial charge in [0.25, 0.3) is 0 Å². The fraction of sp³-hybridized carbons (Fsp3) is 0.500. The number of halogens is 1. The van der Waals surface area contributed by atoms with Crippen molar-refractivity contribution in [2.24, 2.45) is 0 Å². The molecule has 0 atom stereocenters. The van der Waals surface area contributed by atoms with E-state index >= 15 is 0 Å². The molecule has 0 bridgehead atoms. The van der Waals surface area contributed by atoms with E-state index in [-0.39, 0.29) is 5.41 Å². The number of pyridine rings is 1. The molecule has 0 saturated carbocycles. The summed E-state index contributed by atoms with van der Waals surface area (Å²) in [5.41, 5.74) is 3.97. The van der Waals surface area contributed by atoms with Crippen LogP contribution in [0, 0.1) is 13.8 Å². The van der Waals surface area contributed by atoms with Gasteiger partial charge in [-0.2, -0.15) is 5.10 Å². The SMILES string of the molecule is CNCc1cc(-n2nc(C)c(Cl)c2C)nc(C(C)(C)C)c1. The number of rotatable bonds is 3. The van der Waals surface area contributed by atoms with Gasteiger partial charge in [0.15, 0.2) is 5.82 Å². The highest BCUT2D eigenvalue weighted by Crippen LogP contribution is 2.26. The van der Waals surface area contributed by atoms with Gasteiger partial charge in [-0.25, -0.2) is 9.67 Å². The molecule has 0 aliphatic rings. The van der Waals surface area contributed by atoms with E-state index < -0.39 is 0 Å². The maximum Gasteiger partial charge on any atom is 0.154 e. The number of nitrogens with zero attached hydrogens (tertiary/aromatic N) is 3. The van der Waals surface area contributed by atoms with Crippen LogP contribution in [0.1, 0.15) is 43.4 Å². The van der Waals surface area contributed by atoms with Gasteiger partial charge in [0, 0.05) is 17.7 Å². The third-order valence-corrected chi connectivity index (χ3v) is 3.99. The molecule has 0 aliphatic carbocycles. The first-order valence-corrected chi connectivity index (χ1v) is 7.50. The van der Waals surface area contributed by atoms with Crippen LogP contribution in [0.4, 0.5) is 0 Å². The van der Waals surface area contributed by atoms with E-state index in [1.165, 1.54) is 5.56 Å². The normalized spacial score (nSPS) is 12.0. The summed E-state index contributed by atoms with van der Waals surface area (Å²) < 4.78 is 1.83. The number of hydrogen-bond donors (Lipinski definition) is 1. The Morgan fingerprint density at radius 2 is 1.90 bits per heavy atom. The Morgan fingerprint density at radius 3 is 2.38 bits per heavy atom. The number of aryl methyl sites for hydroxylation is 1. The second-order valence-corrected chi connectivity index (χ2v) is 6.77. The molecule has 21 heavy (non-hydrogen) atoms. The van der Waals surface area contributed by atoms with Crippen LogP contribution >= 0.6 is 11.6 Å². The van der Waals surface area contributed by atoms with Gasteiger partial charge in [-0.3, -0.25) is 0 Å². The van der Waals surface area contributed by atoms with Crippen molar-refractivity contribution in [3.05, 3.63) is 39.8 Å². The number of aromatic nitrogens is 3. The van der Waals surface area contributed by atoms with Gasteiger partial charge < -0.3 is 5.32 Å². The smallest absolute Gasteiger partial charge is 0.154 e. The summed E-state index contributed by atoms with van der Waals surface area (Å²) in [4.78, 5) is 4.79. The average Bonchev–Trinajstić information content (AvgIpc) is 2.66. The lowest BCUT2D eigenvalue weighted by atomic mass is 9.90. The van der Waals surface area contributed by atoms with Gasteiger partial charge >= 0.3 is 0 Å². The van der Waals surface area contributed by atoms with E-state index in [1.54, 1.807) is 0 Å². The van der Waals surface area contributed by atoms with E-state index in [1.807, 2.05) is 25.6 Å². The second-order valence-electron chi connectivity index (χ2n) is 6.40. The molecule has 0 fully saturated rings. The van der Waals surface area contributed by atoms with Crippen molar-refractivity contribution in [3.63, 3.8) is 0 Å². The third-order valence-electron chi connectivity index (χ3n) is 3.44. The van der Waals surface area contributed by atoms with Crippen molar-refractivity contribution in [1.82, 2.24) is 20.1 Å². The predicted molar refractivity (Wildman–Crippen MR) is 87.3 cm³/mol. The zero-order chi connectivity index (χ0) is 15.8. The van der Waals surface area contributed by atoms with E-state index in [2.05, 4.69) is 43.3 Å². The van der Waals surface area contributed by atoms with Crippen molar-refractivity contribution in [3.8, 4) is 5.82 Å². The van der Waals surface area contributed by atoms with Crippen LogP contribution in [-0.2, 0) is 12.0 Å². The molecule has 0 radical (unpaired) electrons.